The summed E-state index contributed by atoms with van der Waals surface area (Å²) in [6.45, 7) is 1.93. The van der Waals surface area contributed by atoms with Gasteiger partial charge in [-0.3, -0.25) is 0 Å². The maximum atomic E-state index is 6.07. The number of nitrogens with zero attached hydrogens (tertiary/aromatic N) is 1. The highest BCUT2D eigenvalue weighted by Crippen LogP contribution is 2.32. The van der Waals surface area contributed by atoms with Crippen LogP contribution in [0.3, 0.4) is 0 Å². The first kappa shape index (κ1) is 12.9. The summed E-state index contributed by atoms with van der Waals surface area (Å²) in [5.74, 6) is 1.14. The van der Waals surface area contributed by atoms with Gasteiger partial charge in [-0.15, -0.1) is 0 Å². The van der Waals surface area contributed by atoms with Crippen LogP contribution in [0.1, 0.15) is 5.56 Å². The minimum absolute atomic E-state index is 0.545. The van der Waals surface area contributed by atoms with Gasteiger partial charge in [0.15, 0.2) is 0 Å². The van der Waals surface area contributed by atoms with Gasteiger partial charge in [0.25, 0.3) is 0 Å². The zero-order valence-corrected chi connectivity index (χ0v) is 12.8. The van der Waals surface area contributed by atoms with Gasteiger partial charge in [-0.05, 0) is 47.1 Å². The summed E-state index contributed by atoms with van der Waals surface area (Å²) in [5.41, 5.74) is 0.943. The first-order chi connectivity index (χ1) is 8.06. The van der Waals surface area contributed by atoms with E-state index in [0.717, 1.165) is 14.5 Å². The molecule has 1 heterocycles. The second-order valence-electron chi connectivity index (χ2n) is 3.45. The fraction of sp³-hybridized carbons (Fsp3) is 0.0833. The molecular formula is C12H8Br2ClNO. The number of ether oxygens (including phenoxy) is 1. The van der Waals surface area contributed by atoms with Crippen molar-refractivity contribution in [3.63, 3.8) is 0 Å². The molecule has 2 aromatic rings. The summed E-state index contributed by atoms with van der Waals surface area (Å²) in [5, 5.41) is 0.545. The summed E-state index contributed by atoms with van der Waals surface area (Å²) in [4.78, 5) is 4.20. The summed E-state index contributed by atoms with van der Waals surface area (Å²) in [6.07, 6.45) is 1.69. The number of hydrogen-bond donors (Lipinski definition) is 0. The van der Waals surface area contributed by atoms with Crippen LogP contribution < -0.4 is 4.74 Å². The number of aromatic nitrogens is 1. The number of rotatable bonds is 2. The fourth-order valence-corrected chi connectivity index (χ4v) is 2.45. The van der Waals surface area contributed by atoms with Crippen LogP contribution in [0.4, 0.5) is 0 Å². The summed E-state index contributed by atoms with van der Waals surface area (Å²) >= 11 is 12.8. The Labute approximate surface area is 121 Å². The Hall–Kier alpha value is -0.580. The van der Waals surface area contributed by atoms with Crippen molar-refractivity contribution in [1.29, 1.82) is 0 Å². The molecule has 0 saturated heterocycles. The predicted molar refractivity (Wildman–Crippen MR) is 75.9 cm³/mol. The molecule has 0 bridgehead atoms. The van der Waals surface area contributed by atoms with Gasteiger partial charge in [-0.2, -0.15) is 0 Å². The SMILES string of the molecule is Cc1cc(Br)cnc1Oc1ccc(Br)cc1Cl. The molecule has 1 aromatic carbocycles. The zero-order chi connectivity index (χ0) is 12.4. The van der Waals surface area contributed by atoms with Crippen LogP contribution >= 0.6 is 43.5 Å². The minimum atomic E-state index is 0.545. The Bertz CT molecular complexity index is 511. The van der Waals surface area contributed by atoms with Gasteiger partial charge in [0.05, 0.1) is 5.02 Å². The van der Waals surface area contributed by atoms with Crippen molar-refractivity contribution in [2.75, 3.05) is 0 Å². The van der Waals surface area contributed by atoms with Crippen LogP contribution in [0.25, 0.3) is 0 Å². The molecule has 2 rings (SSSR count). The molecule has 0 aliphatic carbocycles. The van der Waals surface area contributed by atoms with E-state index >= 15 is 0 Å². The normalized spacial score (nSPS) is 10.4. The van der Waals surface area contributed by atoms with Crippen molar-refractivity contribution < 1.29 is 4.74 Å². The van der Waals surface area contributed by atoms with Gasteiger partial charge in [0.1, 0.15) is 5.75 Å². The fourth-order valence-electron chi connectivity index (χ4n) is 1.30. The molecule has 17 heavy (non-hydrogen) atoms. The van der Waals surface area contributed by atoms with Gasteiger partial charge in [-0.1, -0.05) is 27.5 Å². The third-order valence-corrected chi connectivity index (χ3v) is 3.32. The third-order valence-electron chi connectivity index (χ3n) is 2.10. The van der Waals surface area contributed by atoms with Crippen molar-refractivity contribution >= 4 is 43.5 Å². The molecule has 0 radical (unpaired) electrons. The predicted octanol–water partition coefficient (Wildman–Crippen LogP) is 5.36. The quantitative estimate of drug-likeness (QED) is 0.703. The third kappa shape index (κ3) is 3.21. The van der Waals surface area contributed by atoms with E-state index in [1.54, 1.807) is 18.3 Å². The van der Waals surface area contributed by atoms with E-state index in [1.807, 2.05) is 19.1 Å². The Kier molecular flexibility index (Phi) is 4.07. The molecule has 88 valence electrons. The summed E-state index contributed by atoms with van der Waals surface area (Å²) < 4.78 is 7.50. The van der Waals surface area contributed by atoms with Crippen molar-refractivity contribution in [1.82, 2.24) is 4.98 Å². The van der Waals surface area contributed by atoms with Crippen LogP contribution in [-0.4, -0.2) is 4.98 Å². The van der Waals surface area contributed by atoms with Crippen molar-refractivity contribution in [2.45, 2.75) is 6.92 Å². The molecule has 0 spiro atoms. The van der Waals surface area contributed by atoms with E-state index < -0.39 is 0 Å². The first-order valence-corrected chi connectivity index (χ1v) is 6.78. The van der Waals surface area contributed by atoms with Gasteiger partial charge < -0.3 is 4.74 Å². The monoisotopic (exact) mass is 375 g/mol. The molecule has 0 amide bonds. The maximum Gasteiger partial charge on any atom is 0.222 e. The molecule has 1 aromatic heterocycles. The summed E-state index contributed by atoms with van der Waals surface area (Å²) in [7, 11) is 0. The van der Waals surface area contributed by atoms with E-state index in [1.165, 1.54) is 0 Å². The molecule has 0 N–H and O–H groups in total. The molecule has 0 unspecified atom stereocenters. The molecule has 0 saturated carbocycles. The largest absolute Gasteiger partial charge is 0.437 e. The van der Waals surface area contributed by atoms with Gasteiger partial charge >= 0.3 is 0 Å². The van der Waals surface area contributed by atoms with Crippen molar-refractivity contribution in [2.24, 2.45) is 0 Å². The second kappa shape index (κ2) is 5.38. The lowest BCUT2D eigenvalue weighted by Gasteiger charge is -2.09. The highest BCUT2D eigenvalue weighted by Gasteiger charge is 2.07. The highest BCUT2D eigenvalue weighted by molar-refractivity contribution is 9.10. The van der Waals surface area contributed by atoms with Crippen LogP contribution in [0.5, 0.6) is 11.6 Å². The van der Waals surface area contributed by atoms with Crippen molar-refractivity contribution in [3.05, 3.63) is 50.0 Å². The first-order valence-electron chi connectivity index (χ1n) is 4.81. The minimum Gasteiger partial charge on any atom is -0.437 e. The lowest BCUT2D eigenvalue weighted by molar-refractivity contribution is 0.459. The lowest BCUT2D eigenvalue weighted by Crippen LogP contribution is -1.91. The van der Waals surface area contributed by atoms with Crippen LogP contribution in [0.15, 0.2) is 39.4 Å². The topological polar surface area (TPSA) is 22.1 Å². The standard InChI is InChI=1S/C12H8Br2ClNO/c1-7-4-9(14)6-16-12(7)17-11-3-2-8(13)5-10(11)15/h2-6H,1H3. The lowest BCUT2D eigenvalue weighted by atomic mass is 10.3. The van der Waals surface area contributed by atoms with E-state index in [2.05, 4.69) is 36.8 Å². The number of aryl methyl sites for hydroxylation is 1. The second-order valence-corrected chi connectivity index (χ2v) is 5.69. The Balaban J connectivity index is 2.31. The Morgan fingerprint density at radius 2 is 1.94 bits per heavy atom. The average Bonchev–Trinajstić information content (AvgIpc) is 2.25. The zero-order valence-electron chi connectivity index (χ0n) is 8.88. The van der Waals surface area contributed by atoms with Crippen molar-refractivity contribution in [3.8, 4) is 11.6 Å². The van der Waals surface area contributed by atoms with E-state index in [0.29, 0.717) is 16.7 Å². The maximum absolute atomic E-state index is 6.07. The molecular weight excluding hydrogens is 369 g/mol. The number of pyridine rings is 1. The van der Waals surface area contributed by atoms with Gasteiger partial charge in [-0.25, -0.2) is 4.98 Å². The number of benzene rings is 1. The van der Waals surface area contributed by atoms with Gasteiger partial charge in [0, 0.05) is 20.7 Å². The highest BCUT2D eigenvalue weighted by atomic mass is 79.9. The molecule has 2 nitrogen and oxygen atoms in total. The average molecular weight is 377 g/mol. The van der Waals surface area contributed by atoms with Crippen LogP contribution in [-0.2, 0) is 0 Å². The van der Waals surface area contributed by atoms with Gasteiger partial charge in [0.2, 0.25) is 5.88 Å². The number of halogens is 3. The van der Waals surface area contributed by atoms with E-state index in [4.69, 9.17) is 16.3 Å². The van der Waals surface area contributed by atoms with E-state index in [-0.39, 0.29) is 0 Å². The summed E-state index contributed by atoms with van der Waals surface area (Å²) in [6, 6.07) is 7.39. The molecule has 0 atom stereocenters. The number of hydrogen-bond acceptors (Lipinski definition) is 2. The molecule has 0 aliphatic rings. The molecule has 0 aliphatic heterocycles. The smallest absolute Gasteiger partial charge is 0.222 e. The molecule has 0 fully saturated rings. The molecule has 5 heteroatoms. The Morgan fingerprint density at radius 1 is 1.18 bits per heavy atom. The van der Waals surface area contributed by atoms with Crippen LogP contribution in [0.2, 0.25) is 5.02 Å². The Morgan fingerprint density at radius 3 is 2.59 bits per heavy atom. The van der Waals surface area contributed by atoms with Crippen LogP contribution in [0, 0.1) is 6.92 Å². The van der Waals surface area contributed by atoms with E-state index in [9.17, 15) is 0 Å².